The Labute approximate surface area is 168 Å². The Morgan fingerprint density at radius 2 is 1.74 bits per heavy atom. The first kappa shape index (κ1) is 18.0. The molecule has 1 aliphatic heterocycles. The minimum absolute atomic E-state index is 0.135. The van der Waals surface area contributed by atoms with Crippen LogP contribution in [0.25, 0.3) is 0 Å². The molecule has 0 saturated carbocycles. The fourth-order valence-corrected chi connectivity index (χ4v) is 3.24. The van der Waals surface area contributed by atoms with E-state index in [1.54, 1.807) is 6.07 Å². The molecular weight excluding hydrogens is 383 g/mol. The molecule has 3 aromatic carbocycles. The van der Waals surface area contributed by atoms with Crippen molar-refractivity contribution in [1.29, 1.82) is 0 Å². The lowest BCUT2D eigenvalue weighted by Crippen LogP contribution is -2.21. The Hall–Kier alpha value is -2.36. The second-order valence-corrected chi connectivity index (χ2v) is 7.29. The van der Waals surface area contributed by atoms with E-state index < -0.39 is 0 Å². The predicted octanol–water partition coefficient (Wildman–Crippen LogP) is 6.39. The van der Waals surface area contributed by atoms with E-state index in [0.29, 0.717) is 23.3 Å². The van der Waals surface area contributed by atoms with E-state index in [2.05, 4.69) is 0 Å². The van der Waals surface area contributed by atoms with Crippen molar-refractivity contribution in [2.24, 2.45) is 0 Å². The molecule has 3 nitrogen and oxygen atoms in total. The molecule has 1 aliphatic rings. The number of ether oxygens (including phenoxy) is 3. The summed E-state index contributed by atoms with van der Waals surface area (Å²) in [6, 6.07) is 19.3. The van der Waals surface area contributed by atoms with Crippen molar-refractivity contribution in [3.8, 4) is 17.2 Å². The zero-order valence-electron chi connectivity index (χ0n) is 14.7. The molecule has 0 radical (unpaired) electrons. The summed E-state index contributed by atoms with van der Waals surface area (Å²) in [5, 5.41) is 1.06. The number of hydrogen-bond acceptors (Lipinski definition) is 3. The number of benzene rings is 3. The van der Waals surface area contributed by atoms with E-state index in [0.717, 1.165) is 33.9 Å². The van der Waals surface area contributed by atoms with E-state index in [1.807, 2.05) is 61.5 Å². The normalized spacial score (nSPS) is 15.4. The van der Waals surface area contributed by atoms with Crippen LogP contribution in [0.2, 0.25) is 10.0 Å². The van der Waals surface area contributed by atoms with Crippen molar-refractivity contribution >= 4 is 23.2 Å². The highest BCUT2D eigenvalue weighted by Gasteiger charge is 2.22. The fourth-order valence-electron chi connectivity index (χ4n) is 2.92. The number of rotatable bonds is 4. The van der Waals surface area contributed by atoms with Crippen LogP contribution in [0, 0.1) is 6.92 Å². The van der Waals surface area contributed by atoms with Gasteiger partial charge in [-0.2, -0.15) is 0 Å². The topological polar surface area (TPSA) is 27.7 Å². The quantitative estimate of drug-likeness (QED) is 0.507. The van der Waals surface area contributed by atoms with Gasteiger partial charge in [0.1, 0.15) is 19.0 Å². The van der Waals surface area contributed by atoms with Crippen LogP contribution in [0.5, 0.6) is 17.2 Å². The molecule has 4 rings (SSSR count). The zero-order valence-corrected chi connectivity index (χ0v) is 16.3. The highest BCUT2D eigenvalue weighted by atomic mass is 35.5. The molecule has 0 N–H and O–H groups in total. The molecule has 5 heteroatoms. The maximum atomic E-state index is 6.07. The molecule has 1 atom stereocenters. The van der Waals surface area contributed by atoms with Crippen LogP contribution in [0.3, 0.4) is 0 Å². The van der Waals surface area contributed by atoms with Crippen LogP contribution >= 0.6 is 23.2 Å². The highest BCUT2D eigenvalue weighted by Crippen LogP contribution is 2.37. The maximum absolute atomic E-state index is 6.07. The lowest BCUT2D eigenvalue weighted by molar-refractivity contribution is 0.0911. The van der Waals surface area contributed by atoms with E-state index in [4.69, 9.17) is 37.4 Å². The average molecular weight is 401 g/mol. The molecule has 0 spiro atoms. The molecule has 1 heterocycles. The highest BCUT2D eigenvalue weighted by molar-refractivity contribution is 6.42. The van der Waals surface area contributed by atoms with Crippen molar-refractivity contribution in [3.63, 3.8) is 0 Å². The first-order chi connectivity index (χ1) is 13.1. The van der Waals surface area contributed by atoms with Gasteiger partial charge in [0.15, 0.2) is 17.6 Å². The van der Waals surface area contributed by atoms with Crippen LogP contribution in [0.15, 0.2) is 60.7 Å². The molecule has 0 bridgehead atoms. The van der Waals surface area contributed by atoms with Gasteiger partial charge in [-0.1, -0.05) is 47.5 Å². The largest absolute Gasteiger partial charge is 0.489 e. The number of aryl methyl sites for hydroxylation is 1. The van der Waals surface area contributed by atoms with Gasteiger partial charge in [-0.3, -0.25) is 0 Å². The summed E-state index contributed by atoms with van der Waals surface area (Å²) in [5.74, 6) is 2.35. The maximum Gasteiger partial charge on any atom is 0.162 e. The molecule has 1 unspecified atom stereocenters. The smallest absolute Gasteiger partial charge is 0.162 e. The molecule has 0 amide bonds. The SMILES string of the molecule is Cc1ccc2c(c1)OCC(c1ccc(OCc3ccc(Cl)c(Cl)c3)cc1)O2. The first-order valence-corrected chi connectivity index (χ1v) is 9.41. The van der Waals surface area contributed by atoms with Crippen molar-refractivity contribution < 1.29 is 14.2 Å². The van der Waals surface area contributed by atoms with Crippen LogP contribution in [-0.4, -0.2) is 6.61 Å². The van der Waals surface area contributed by atoms with Crippen LogP contribution in [-0.2, 0) is 6.61 Å². The molecule has 0 aromatic heterocycles. The standard InChI is InChI=1S/C22H18Cl2O3/c1-14-2-9-20-21(10-14)26-13-22(27-20)16-4-6-17(7-5-16)25-12-15-3-8-18(23)19(24)11-15/h2-11,22H,12-13H2,1H3. The van der Waals surface area contributed by atoms with Gasteiger partial charge in [0, 0.05) is 0 Å². The van der Waals surface area contributed by atoms with Gasteiger partial charge < -0.3 is 14.2 Å². The summed E-state index contributed by atoms with van der Waals surface area (Å²) >= 11 is 12.0. The summed E-state index contributed by atoms with van der Waals surface area (Å²) in [7, 11) is 0. The van der Waals surface area contributed by atoms with E-state index in [9.17, 15) is 0 Å². The number of fused-ring (bicyclic) bond motifs is 1. The fraction of sp³-hybridized carbons (Fsp3) is 0.182. The Balaban J connectivity index is 1.40. The lowest BCUT2D eigenvalue weighted by atomic mass is 10.1. The number of halogens is 2. The van der Waals surface area contributed by atoms with Crippen molar-refractivity contribution in [2.45, 2.75) is 19.6 Å². The Kier molecular flexibility index (Phi) is 5.15. The minimum atomic E-state index is -0.135. The second kappa shape index (κ2) is 7.71. The van der Waals surface area contributed by atoms with E-state index >= 15 is 0 Å². The molecule has 0 fully saturated rings. The van der Waals surface area contributed by atoms with Gasteiger partial charge >= 0.3 is 0 Å². The third kappa shape index (κ3) is 4.15. The summed E-state index contributed by atoms with van der Waals surface area (Å²) < 4.78 is 17.7. The third-order valence-electron chi connectivity index (χ3n) is 4.40. The Morgan fingerprint density at radius 3 is 2.52 bits per heavy atom. The van der Waals surface area contributed by atoms with Crippen LogP contribution in [0.4, 0.5) is 0 Å². The van der Waals surface area contributed by atoms with Crippen molar-refractivity contribution in [1.82, 2.24) is 0 Å². The van der Waals surface area contributed by atoms with E-state index in [-0.39, 0.29) is 6.10 Å². The van der Waals surface area contributed by atoms with Crippen molar-refractivity contribution in [2.75, 3.05) is 6.61 Å². The zero-order chi connectivity index (χ0) is 18.8. The Bertz CT molecular complexity index is 954. The Morgan fingerprint density at radius 1 is 0.926 bits per heavy atom. The first-order valence-electron chi connectivity index (χ1n) is 8.65. The van der Waals surface area contributed by atoms with Crippen LogP contribution < -0.4 is 14.2 Å². The van der Waals surface area contributed by atoms with Gasteiger partial charge in [0.2, 0.25) is 0 Å². The van der Waals surface area contributed by atoms with Gasteiger partial charge in [0.05, 0.1) is 10.0 Å². The van der Waals surface area contributed by atoms with Gasteiger partial charge in [0.25, 0.3) is 0 Å². The summed E-state index contributed by atoms with van der Waals surface area (Å²) in [6.45, 7) is 2.94. The number of hydrogen-bond donors (Lipinski definition) is 0. The second-order valence-electron chi connectivity index (χ2n) is 6.47. The van der Waals surface area contributed by atoms with Gasteiger partial charge in [-0.05, 0) is 60.0 Å². The monoisotopic (exact) mass is 400 g/mol. The lowest BCUT2D eigenvalue weighted by Gasteiger charge is -2.27. The van der Waals surface area contributed by atoms with Crippen LogP contribution in [0.1, 0.15) is 22.8 Å². The van der Waals surface area contributed by atoms with Gasteiger partial charge in [-0.15, -0.1) is 0 Å². The summed E-state index contributed by atoms with van der Waals surface area (Å²) in [5.41, 5.74) is 3.16. The van der Waals surface area contributed by atoms with Crippen molar-refractivity contribution in [3.05, 3.63) is 87.4 Å². The van der Waals surface area contributed by atoms with E-state index in [1.165, 1.54) is 0 Å². The summed E-state index contributed by atoms with van der Waals surface area (Å²) in [6.07, 6.45) is -0.135. The molecule has 0 saturated heterocycles. The molecular formula is C22H18Cl2O3. The van der Waals surface area contributed by atoms with Gasteiger partial charge in [-0.25, -0.2) is 0 Å². The predicted molar refractivity (Wildman–Crippen MR) is 107 cm³/mol. The molecule has 27 heavy (non-hydrogen) atoms. The molecule has 3 aromatic rings. The average Bonchev–Trinajstić information content (AvgIpc) is 2.69. The molecule has 0 aliphatic carbocycles. The summed E-state index contributed by atoms with van der Waals surface area (Å²) in [4.78, 5) is 0. The molecule has 138 valence electrons. The third-order valence-corrected chi connectivity index (χ3v) is 5.14. The minimum Gasteiger partial charge on any atom is -0.489 e.